The number of aliphatic carboxylic acids is 1. The molecule has 3 aromatic rings. The largest absolute Gasteiger partial charge is 0.481 e. The second kappa shape index (κ2) is 4.70. The molecule has 100 valence electrons. The van der Waals surface area contributed by atoms with E-state index in [1.165, 1.54) is 18.6 Å². The Hall–Kier alpha value is -2.82. The Kier molecular flexibility index (Phi) is 2.87. The Bertz CT molecular complexity index is 827. The summed E-state index contributed by atoms with van der Waals surface area (Å²) >= 11 is 0. The second-order valence-electron chi connectivity index (χ2n) is 4.35. The highest BCUT2D eigenvalue weighted by atomic mass is 16.4. The van der Waals surface area contributed by atoms with Gasteiger partial charge in [0.2, 0.25) is 0 Å². The maximum absolute atomic E-state index is 12.1. The highest BCUT2D eigenvalue weighted by Crippen LogP contribution is 2.24. The molecule has 0 aliphatic rings. The van der Waals surface area contributed by atoms with E-state index in [1.807, 2.05) is 0 Å². The van der Waals surface area contributed by atoms with Crippen LogP contribution in [0.4, 0.5) is 0 Å². The minimum absolute atomic E-state index is 0.199. The second-order valence-corrected chi connectivity index (χ2v) is 4.35. The average Bonchev–Trinajstić information content (AvgIpc) is 2.93. The van der Waals surface area contributed by atoms with Crippen LogP contribution in [-0.4, -0.2) is 11.1 Å². The van der Waals surface area contributed by atoms with Gasteiger partial charge in [-0.1, -0.05) is 12.1 Å². The van der Waals surface area contributed by atoms with Crippen molar-refractivity contribution in [2.24, 2.45) is 0 Å². The summed E-state index contributed by atoms with van der Waals surface area (Å²) in [6.45, 7) is 0. The summed E-state index contributed by atoms with van der Waals surface area (Å²) in [4.78, 5) is 23.0. The third-order valence-corrected chi connectivity index (χ3v) is 2.98. The lowest BCUT2D eigenvalue weighted by molar-refractivity contribution is -0.136. The monoisotopic (exact) mass is 270 g/mol. The van der Waals surface area contributed by atoms with E-state index in [0.717, 1.165) is 0 Å². The molecule has 0 aliphatic heterocycles. The van der Waals surface area contributed by atoms with Gasteiger partial charge in [0.05, 0.1) is 23.6 Å². The first kappa shape index (κ1) is 12.2. The normalized spacial score (nSPS) is 10.8. The van der Waals surface area contributed by atoms with Crippen LogP contribution in [0, 0.1) is 0 Å². The molecule has 0 saturated heterocycles. The molecule has 2 aromatic heterocycles. The molecular weight excluding hydrogens is 260 g/mol. The summed E-state index contributed by atoms with van der Waals surface area (Å²) in [6.07, 6.45) is 2.74. The molecule has 3 rings (SSSR count). The molecule has 0 radical (unpaired) electrons. The minimum Gasteiger partial charge on any atom is -0.481 e. The lowest BCUT2D eigenvalue weighted by Crippen LogP contribution is -2.05. The zero-order chi connectivity index (χ0) is 14.1. The smallest absolute Gasteiger partial charge is 0.307 e. The van der Waals surface area contributed by atoms with E-state index >= 15 is 0 Å². The van der Waals surface area contributed by atoms with E-state index in [1.54, 1.807) is 24.3 Å². The standard InChI is InChI=1S/C15H10O5/c16-12-7-13(10-4-5-19-8-10)20-15-9(6-14(17)18)2-1-3-11(12)15/h1-5,7-8H,6H2,(H,17,18). The number of carboxylic acids is 1. The summed E-state index contributed by atoms with van der Waals surface area (Å²) < 4.78 is 10.7. The molecule has 20 heavy (non-hydrogen) atoms. The Morgan fingerprint density at radius 1 is 1.25 bits per heavy atom. The van der Waals surface area contributed by atoms with E-state index in [4.69, 9.17) is 13.9 Å². The van der Waals surface area contributed by atoms with E-state index in [0.29, 0.717) is 27.9 Å². The van der Waals surface area contributed by atoms with Crippen LogP contribution in [0.2, 0.25) is 0 Å². The molecule has 0 bridgehead atoms. The average molecular weight is 270 g/mol. The first-order chi connectivity index (χ1) is 9.65. The van der Waals surface area contributed by atoms with Gasteiger partial charge in [-0.2, -0.15) is 0 Å². The molecule has 0 unspecified atom stereocenters. The molecule has 5 nitrogen and oxygen atoms in total. The molecule has 0 amide bonds. The van der Waals surface area contributed by atoms with Crippen LogP contribution in [0.1, 0.15) is 5.56 Å². The maximum Gasteiger partial charge on any atom is 0.307 e. The Balaban J connectivity index is 2.28. The Morgan fingerprint density at radius 3 is 2.80 bits per heavy atom. The lowest BCUT2D eigenvalue weighted by Gasteiger charge is -2.05. The van der Waals surface area contributed by atoms with Crippen LogP contribution in [-0.2, 0) is 11.2 Å². The molecular formula is C15H10O5. The molecule has 1 N–H and O–H groups in total. The number of carboxylic acid groups (broad SMARTS) is 1. The van der Waals surface area contributed by atoms with Crippen LogP contribution < -0.4 is 5.43 Å². The molecule has 5 heteroatoms. The summed E-state index contributed by atoms with van der Waals surface area (Å²) in [7, 11) is 0. The summed E-state index contributed by atoms with van der Waals surface area (Å²) in [5, 5.41) is 9.29. The first-order valence-electron chi connectivity index (χ1n) is 5.95. The van der Waals surface area contributed by atoms with Gasteiger partial charge in [-0.05, 0) is 12.1 Å². The van der Waals surface area contributed by atoms with Gasteiger partial charge in [-0.15, -0.1) is 0 Å². The van der Waals surface area contributed by atoms with Crippen LogP contribution in [0.3, 0.4) is 0 Å². The highest BCUT2D eigenvalue weighted by Gasteiger charge is 2.12. The van der Waals surface area contributed by atoms with Crippen LogP contribution in [0.5, 0.6) is 0 Å². The van der Waals surface area contributed by atoms with Crippen LogP contribution >= 0.6 is 0 Å². The van der Waals surface area contributed by atoms with Crippen molar-refractivity contribution in [3.8, 4) is 11.3 Å². The number of furan rings is 1. The number of benzene rings is 1. The van der Waals surface area contributed by atoms with E-state index < -0.39 is 5.97 Å². The number of para-hydroxylation sites is 1. The van der Waals surface area contributed by atoms with Crippen molar-refractivity contribution < 1.29 is 18.7 Å². The quantitative estimate of drug-likeness (QED) is 0.791. The molecule has 1 aromatic carbocycles. The minimum atomic E-state index is -0.978. The number of hydrogen-bond donors (Lipinski definition) is 1. The number of rotatable bonds is 3. The Labute approximate surface area is 113 Å². The summed E-state index contributed by atoms with van der Waals surface area (Å²) in [5.74, 6) is -0.622. The number of fused-ring (bicyclic) bond motifs is 1. The molecule has 0 saturated carbocycles. The first-order valence-corrected chi connectivity index (χ1v) is 5.95. The van der Waals surface area contributed by atoms with Gasteiger partial charge >= 0.3 is 5.97 Å². The van der Waals surface area contributed by atoms with E-state index in [2.05, 4.69) is 0 Å². The fourth-order valence-corrected chi connectivity index (χ4v) is 2.08. The van der Waals surface area contributed by atoms with Crippen molar-refractivity contribution >= 4 is 16.9 Å². The Morgan fingerprint density at radius 2 is 2.10 bits per heavy atom. The van der Waals surface area contributed by atoms with Gasteiger partial charge in [0.1, 0.15) is 17.6 Å². The van der Waals surface area contributed by atoms with Crippen molar-refractivity contribution in [3.63, 3.8) is 0 Å². The van der Waals surface area contributed by atoms with Gasteiger partial charge in [0, 0.05) is 11.6 Å². The van der Waals surface area contributed by atoms with Crippen molar-refractivity contribution in [3.05, 3.63) is 58.6 Å². The van der Waals surface area contributed by atoms with Gasteiger partial charge in [0.15, 0.2) is 5.43 Å². The van der Waals surface area contributed by atoms with Crippen molar-refractivity contribution in [2.45, 2.75) is 6.42 Å². The molecule has 0 fully saturated rings. The molecule has 0 spiro atoms. The van der Waals surface area contributed by atoms with Crippen molar-refractivity contribution in [1.29, 1.82) is 0 Å². The van der Waals surface area contributed by atoms with Crippen molar-refractivity contribution in [1.82, 2.24) is 0 Å². The summed E-state index contributed by atoms with van der Waals surface area (Å²) in [5.41, 5.74) is 1.19. The summed E-state index contributed by atoms with van der Waals surface area (Å²) in [6, 6.07) is 7.95. The SMILES string of the molecule is O=C(O)Cc1cccc2c(=O)cc(-c3ccoc3)oc12. The molecule has 0 aliphatic carbocycles. The predicted molar refractivity (Wildman–Crippen MR) is 71.5 cm³/mol. The lowest BCUT2D eigenvalue weighted by atomic mass is 10.1. The molecule has 0 atom stereocenters. The van der Waals surface area contributed by atoms with Crippen molar-refractivity contribution in [2.75, 3.05) is 0 Å². The number of hydrogen-bond acceptors (Lipinski definition) is 4. The maximum atomic E-state index is 12.1. The zero-order valence-electron chi connectivity index (χ0n) is 10.3. The highest BCUT2D eigenvalue weighted by molar-refractivity contribution is 5.85. The fourth-order valence-electron chi connectivity index (χ4n) is 2.08. The zero-order valence-corrected chi connectivity index (χ0v) is 10.3. The number of carbonyl (C=O) groups is 1. The third kappa shape index (κ3) is 2.09. The van der Waals surface area contributed by atoms with Gasteiger partial charge in [-0.3, -0.25) is 9.59 Å². The van der Waals surface area contributed by atoms with Gasteiger partial charge in [0.25, 0.3) is 0 Å². The van der Waals surface area contributed by atoms with Gasteiger partial charge in [-0.25, -0.2) is 0 Å². The third-order valence-electron chi connectivity index (χ3n) is 2.98. The fraction of sp³-hybridized carbons (Fsp3) is 0.0667. The van der Waals surface area contributed by atoms with Crippen LogP contribution in [0.15, 0.2) is 56.5 Å². The van der Waals surface area contributed by atoms with E-state index in [-0.39, 0.29) is 11.8 Å². The molecule has 2 heterocycles. The topological polar surface area (TPSA) is 80.6 Å². The van der Waals surface area contributed by atoms with E-state index in [9.17, 15) is 9.59 Å². The van der Waals surface area contributed by atoms with Gasteiger partial charge < -0.3 is 13.9 Å². The van der Waals surface area contributed by atoms with Crippen LogP contribution in [0.25, 0.3) is 22.3 Å². The predicted octanol–water partition coefficient (Wildman–Crippen LogP) is 2.68.